The Hall–Kier alpha value is -0.440. The van der Waals surface area contributed by atoms with E-state index in [2.05, 4.69) is 11.9 Å². The van der Waals surface area contributed by atoms with E-state index in [1.807, 2.05) is 11.8 Å². The summed E-state index contributed by atoms with van der Waals surface area (Å²) in [7, 11) is 0. The van der Waals surface area contributed by atoms with Crippen LogP contribution in [0.1, 0.15) is 12.7 Å². The summed E-state index contributed by atoms with van der Waals surface area (Å²) in [5.41, 5.74) is 0. The van der Waals surface area contributed by atoms with Gasteiger partial charge in [-0.05, 0) is 5.75 Å². The monoisotopic (exact) mass is 143 g/mol. The van der Waals surface area contributed by atoms with Crippen LogP contribution in [0, 0.1) is 0 Å². The zero-order chi connectivity index (χ0) is 6.53. The van der Waals surface area contributed by atoms with E-state index in [0.29, 0.717) is 0 Å². The van der Waals surface area contributed by atoms with E-state index >= 15 is 0 Å². The van der Waals surface area contributed by atoms with Crippen LogP contribution in [0.25, 0.3) is 0 Å². The molecule has 0 saturated heterocycles. The highest BCUT2D eigenvalue weighted by Crippen LogP contribution is 2.09. The molecule has 0 unspecified atom stereocenters. The fourth-order valence-corrected chi connectivity index (χ4v) is 1.06. The van der Waals surface area contributed by atoms with Crippen molar-refractivity contribution in [2.24, 2.45) is 0 Å². The molecular formula is C6H9NOS. The highest BCUT2D eigenvalue weighted by atomic mass is 32.2. The summed E-state index contributed by atoms with van der Waals surface area (Å²) in [5.74, 6) is 3.03. The number of hydrogen-bond acceptors (Lipinski definition) is 3. The predicted molar refractivity (Wildman–Crippen MR) is 38.3 cm³/mol. The average molecular weight is 143 g/mol. The van der Waals surface area contributed by atoms with Gasteiger partial charge < -0.3 is 4.42 Å². The molecule has 0 aromatic carbocycles. The molecule has 50 valence electrons. The Balaban J connectivity index is 2.30. The van der Waals surface area contributed by atoms with Gasteiger partial charge >= 0.3 is 0 Å². The third-order valence-electron chi connectivity index (χ3n) is 0.932. The lowest BCUT2D eigenvalue weighted by atomic mass is 10.6. The summed E-state index contributed by atoms with van der Waals surface area (Å²) in [5, 5.41) is 0. The van der Waals surface area contributed by atoms with Gasteiger partial charge in [0.05, 0.1) is 11.9 Å². The van der Waals surface area contributed by atoms with E-state index in [4.69, 9.17) is 4.42 Å². The van der Waals surface area contributed by atoms with Crippen LogP contribution in [-0.4, -0.2) is 10.7 Å². The molecule has 0 atom stereocenters. The Morgan fingerprint density at radius 2 is 2.67 bits per heavy atom. The number of rotatable bonds is 3. The van der Waals surface area contributed by atoms with Gasteiger partial charge in [-0.2, -0.15) is 11.8 Å². The standard InChI is InChI=1S/C6H9NOS/c1-2-9-4-6-3-7-5-8-6/h3,5H,2,4H2,1H3. The van der Waals surface area contributed by atoms with E-state index in [1.165, 1.54) is 6.39 Å². The van der Waals surface area contributed by atoms with E-state index < -0.39 is 0 Å². The van der Waals surface area contributed by atoms with Crippen LogP contribution in [0.5, 0.6) is 0 Å². The highest BCUT2D eigenvalue weighted by molar-refractivity contribution is 7.98. The molecule has 0 aliphatic carbocycles. The number of oxazole rings is 1. The van der Waals surface area contributed by atoms with Crippen LogP contribution in [0.2, 0.25) is 0 Å². The summed E-state index contributed by atoms with van der Waals surface area (Å²) < 4.78 is 5.00. The van der Waals surface area contributed by atoms with Gasteiger partial charge in [0.1, 0.15) is 5.76 Å². The van der Waals surface area contributed by atoms with Crippen LogP contribution in [0.15, 0.2) is 17.0 Å². The molecule has 0 bridgehead atoms. The van der Waals surface area contributed by atoms with Gasteiger partial charge in [-0.3, -0.25) is 0 Å². The molecule has 0 radical (unpaired) electrons. The molecule has 0 spiro atoms. The van der Waals surface area contributed by atoms with E-state index in [1.54, 1.807) is 6.20 Å². The minimum atomic E-state index is 0.941. The van der Waals surface area contributed by atoms with Crippen molar-refractivity contribution in [3.63, 3.8) is 0 Å². The summed E-state index contributed by atoms with van der Waals surface area (Å²) in [6.07, 6.45) is 3.22. The maximum atomic E-state index is 5.00. The molecule has 1 rings (SSSR count). The highest BCUT2D eigenvalue weighted by Gasteiger charge is 1.92. The topological polar surface area (TPSA) is 26.0 Å². The second-order valence-electron chi connectivity index (χ2n) is 1.60. The third kappa shape index (κ3) is 2.10. The van der Waals surface area contributed by atoms with Crippen LogP contribution in [-0.2, 0) is 5.75 Å². The Labute approximate surface area is 58.7 Å². The summed E-state index contributed by atoms with van der Waals surface area (Å²) >= 11 is 1.83. The van der Waals surface area contributed by atoms with Crippen molar-refractivity contribution in [3.05, 3.63) is 18.4 Å². The largest absolute Gasteiger partial charge is 0.448 e. The molecule has 0 saturated carbocycles. The van der Waals surface area contributed by atoms with Crippen molar-refractivity contribution in [1.82, 2.24) is 4.98 Å². The second kappa shape index (κ2) is 3.56. The smallest absolute Gasteiger partial charge is 0.180 e. The van der Waals surface area contributed by atoms with Crippen molar-refractivity contribution >= 4 is 11.8 Å². The fraction of sp³-hybridized carbons (Fsp3) is 0.500. The predicted octanol–water partition coefficient (Wildman–Crippen LogP) is 1.93. The van der Waals surface area contributed by atoms with Crippen molar-refractivity contribution in [2.45, 2.75) is 12.7 Å². The van der Waals surface area contributed by atoms with Crippen LogP contribution in [0.4, 0.5) is 0 Å². The van der Waals surface area contributed by atoms with Crippen molar-refractivity contribution < 1.29 is 4.42 Å². The van der Waals surface area contributed by atoms with Gasteiger partial charge in [0.25, 0.3) is 0 Å². The second-order valence-corrected chi connectivity index (χ2v) is 2.88. The average Bonchev–Trinajstić information content (AvgIpc) is 2.34. The van der Waals surface area contributed by atoms with Gasteiger partial charge in [-0.1, -0.05) is 6.92 Å². The van der Waals surface area contributed by atoms with E-state index in [9.17, 15) is 0 Å². The molecule has 0 amide bonds. The van der Waals surface area contributed by atoms with Crippen LogP contribution in [0.3, 0.4) is 0 Å². The summed E-state index contributed by atoms with van der Waals surface area (Å²) in [6.45, 7) is 2.13. The van der Waals surface area contributed by atoms with Crippen molar-refractivity contribution in [3.8, 4) is 0 Å². The van der Waals surface area contributed by atoms with Crippen molar-refractivity contribution in [1.29, 1.82) is 0 Å². The number of aromatic nitrogens is 1. The van der Waals surface area contributed by atoms with Gasteiger partial charge in [0.15, 0.2) is 6.39 Å². The molecule has 1 aromatic rings. The molecule has 1 aromatic heterocycles. The zero-order valence-corrected chi connectivity index (χ0v) is 6.15. The fourth-order valence-electron chi connectivity index (χ4n) is 0.516. The maximum Gasteiger partial charge on any atom is 0.180 e. The summed E-state index contributed by atoms with van der Waals surface area (Å²) in [6, 6.07) is 0. The van der Waals surface area contributed by atoms with E-state index in [0.717, 1.165) is 17.3 Å². The molecule has 3 heteroatoms. The molecule has 9 heavy (non-hydrogen) atoms. The first-order chi connectivity index (χ1) is 4.43. The molecule has 2 nitrogen and oxygen atoms in total. The molecule has 0 N–H and O–H groups in total. The first-order valence-electron chi connectivity index (χ1n) is 2.88. The van der Waals surface area contributed by atoms with Gasteiger partial charge in [-0.25, -0.2) is 4.98 Å². The normalized spacial score (nSPS) is 9.89. The van der Waals surface area contributed by atoms with Crippen LogP contribution < -0.4 is 0 Å². The Morgan fingerprint density at radius 1 is 1.78 bits per heavy atom. The molecule has 1 heterocycles. The van der Waals surface area contributed by atoms with Gasteiger partial charge in [0.2, 0.25) is 0 Å². The lowest BCUT2D eigenvalue weighted by Crippen LogP contribution is -1.73. The molecule has 0 fully saturated rings. The first kappa shape index (κ1) is 6.68. The third-order valence-corrected chi connectivity index (χ3v) is 1.83. The number of thioether (sulfide) groups is 1. The van der Waals surface area contributed by atoms with Gasteiger partial charge in [0, 0.05) is 0 Å². The Bertz CT molecular complexity index is 150. The zero-order valence-electron chi connectivity index (χ0n) is 5.33. The van der Waals surface area contributed by atoms with Gasteiger partial charge in [-0.15, -0.1) is 0 Å². The van der Waals surface area contributed by atoms with Crippen LogP contribution >= 0.6 is 11.8 Å². The molecule has 0 aliphatic heterocycles. The molecular weight excluding hydrogens is 134 g/mol. The van der Waals surface area contributed by atoms with E-state index in [-0.39, 0.29) is 0 Å². The Morgan fingerprint density at radius 3 is 3.22 bits per heavy atom. The first-order valence-corrected chi connectivity index (χ1v) is 4.04. The lowest BCUT2D eigenvalue weighted by Gasteiger charge is -1.89. The minimum absolute atomic E-state index is 0.941. The Kier molecular flexibility index (Phi) is 2.64. The molecule has 0 aliphatic rings. The summed E-state index contributed by atoms with van der Waals surface area (Å²) in [4.78, 5) is 3.80. The quantitative estimate of drug-likeness (QED) is 0.646. The maximum absolute atomic E-state index is 5.00. The van der Waals surface area contributed by atoms with Crippen molar-refractivity contribution in [2.75, 3.05) is 5.75 Å². The number of hydrogen-bond donors (Lipinski definition) is 0. The minimum Gasteiger partial charge on any atom is -0.448 e. The lowest BCUT2D eigenvalue weighted by molar-refractivity contribution is 0.523. The number of nitrogens with zero attached hydrogens (tertiary/aromatic N) is 1. The SMILES string of the molecule is CCSCc1cnco1.